The predicted octanol–water partition coefficient (Wildman–Crippen LogP) is 2.24. The molecule has 1 fully saturated rings. The molecule has 0 aliphatic carbocycles. The van der Waals surface area contributed by atoms with E-state index in [1.165, 1.54) is 6.07 Å². The molecular weight excluding hydrogens is 346 g/mol. The van der Waals surface area contributed by atoms with Gasteiger partial charge >= 0.3 is 0 Å². The van der Waals surface area contributed by atoms with Crippen molar-refractivity contribution < 1.29 is 4.79 Å². The summed E-state index contributed by atoms with van der Waals surface area (Å²) in [7, 11) is 0. The van der Waals surface area contributed by atoms with Crippen molar-refractivity contribution >= 4 is 32.7 Å². The summed E-state index contributed by atoms with van der Waals surface area (Å²) in [6.07, 6.45) is 1.58. The summed E-state index contributed by atoms with van der Waals surface area (Å²) in [6, 6.07) is 7.16. The van der Waals surface area contributed by atoms with E-state index >= 15 is 0 Å². The Balaban J connectivity index is 2.08. The number of hydrogen-bond donors (Lipinski definition) is 2. The molecule has 1 aliphatic heterocycles. The number of aromatic amines is 1. The first-order chi connectivity index (χ1) is 10.5. The predicted molar refractivity (Wildman–Crippen MR) is 90.0 cm³/mol. The number of benzene rings is 1. The van der Waals surface area contributed by atoms with E-state index < -0.39 is 0 Å². The summed E-state index contributed by atoms with van der Waals surface area (Å²) in [6.45, 7) is 2.63. The number of piperidine rings is 1. The average molecular weight is 364 g/mol. The summed E-state index contributed by atoms with van der Waals surface area (Å²) < 4.78 is 0.769. The van der Waals surface area contributed by atoms with Gasteiger partial charge in [0.1, 0.15) is 0 Å². The number of H-pyrrole nitrogens is 1. The lowest BCUT2D eigenvalue weighted by Gasteiger charge is -2.36. The van der Waals surface area contributed by atoms with Crippen LogP contribution in [0.25, 0.3) is 10.9 Å². The van der Waals surface area contributed by atoms with E-state index in [0.29, 0.717) is 17.6 Å². The van der Waals surface area contributed by atoms with Crippen LogP contribution in [0.3, 0.4) is 0 Å². The standard InChI is InChI=1S/C16H18BrN3O2/c1-9-7-10(18)5-6-20(9)16(22)12-8-14(21)19-15-11(12)3-2-4-13(15)17/h2-4,8-10H,5-7,18H2,1H3,(H,19,21)/t9-,10-/m1/s1. The minimum Gasteiger partial charge on any atom is -0.336 e. The van der Waals surface area contributed by atoms with Gasteiger partial charge in [-0.1, -0.05) is 12.1 Å². The summed E-state index contributed by atoms with van der Waals surface area (Å²) in [5.41, 5.74) is 6.79. The number of nitrogens with one attached hydrogen (secondary N) is 1. The highest BCUT2D eigenvalue weighted by Crippen LogP contribution is 2.26. The van der Waals surface area contributed by atoms with Crippen LogP contribution in [0.1, 0.15) is 30.1 Å². The fourth-order valence-electron chi connectivity index (χ4n) is 3.09. The Bertz CT molecular complexity index is 787. The molecule has 1 amide bonds. The van der Waals surface area contributed by atoms with Gasteiger partial charge in [-0.3, -0.25) is 9.59 Å². The molecule has 22 heavy (non-hydrogen) atoms. The van der Waals surface area contributed by atoms with Crippen LogP contribution in [-0.4, -0.2) is 34.4 Å². The van der Waals surface area contributed by atoms with E-state index in [-0.39, 0.29) is 23.6 Å². The molecule has 3 N–H and O–H groups in total. The van der Waals surface area contributed by atoms with Crippen molar-refractivity contribution in [3.63, 3.8) is 0 Å². The first kappa shape index (κ1) is 15.2. The Hall–Kier alpha value is -1.66. The van der Waals surface area contributed by atoms with Crippen molar-refractivity contribution in [1.82, 2.24) is 9.88 Å². The van der Waals surface area contributed by atoms with Gasteiger partial charge in [-0.15, -0.1) is 0 Å². The van der Waals surface area contributed by atoms with E-state index in [2.05, 4.69) is 20.9 Å². The van der Waals surface area contributed by atoms with Crippen LogP contribution in [-0.2, 0) is 0 Å². The lowest BCUT2D eigenvalue weighted by molar-refractivity contribution is 0.0621. The number of carbonyl (C=O) groups excluding carboxylic acids is 1. The maximum Gasteiger partial charge on any atom is 0.254 e. The minimum atomic E-state index is -0.274. The second-order valence-electron chi connectivity index (χ2n) is 5.84. The molecular formula is C16H18BrN3O2. The third-order valence-corrected chi connectivity index (χ3v) is 4.90. The number of fused-ring (bicyclic) bond motifs is 1. The molecule has 1 aliphatic rings. The number of likely N-dealkylation sites (tertiary alicyclic amines) is 1. The Labute approximate surface area is 136 Å². The van der Waals surface area contributed by atoms with Gasteiger partial charge in [0, 0.05) is 34.6 Å². The zero-order valence-corrected chi connectivity index (χ0v) is 13.9. The summed E-state index contributed by atoms with van der Waals surface area (Å²) >= 11 is 3.42. The van der Waals surface area contributed by atoms with Crippen LogP contribution in [0.15, 0.2) is 33.5 Å². The van der Waals surface area contributed by atoms with E-state index in [0.717, 1.165) is 22.7 Å². The van der Waals surface area contributed by atoms with Crippen LogP contribution in [0.2, 0.25) is 0 Å². The van der Waals surface area contributed by atoms with Gasteiger partial charge in [0.25, 0.3) is 5.91 Å². The van der Waals surface area contributed by atoms with E-state index in [4.69, 9.17) is 5.73 Å². The Morgan fingerprint density at radius 2 is 2.23 bits per heavy atom. The van der Waals surface area contributed by atoms with Crippen molar-refractivity contribution in [1.29, 1.82) is 0 Å². The average Bonchev–Trinajstić information content (AvgIpc) is 2.47. The van der Waals surface area contributed by atoms with Gasteiger partial charge in [-0.2, -0.15) is 0 Å². The smallest absolute Gasteiger partial charge is 0.254 e. The zero-order valence-electron chi connectivity index (χ0n) is 12.3. The number of nitrogens with two attached hydrogens (primary N) is 1. The quantitative estimate of drug-likeness (QED) is 0.815. The Morgan fingerprint density at radius 1 is 1.45 bits per heavy atom. The Kier molecular flexibility index (Phi) is 4.06. The SMILES string of the molecule is C[C@@H]1C[C@H](N)CCN1C(=O)c1cc(=O)[nH]c2c(Br)cccc12. The highest BCUT2D eigenvalue weighted by Gasteiger charge is 2.28. The fraction of sp³-hybridized carbons (Fsp3) is 0.375. The van der Waals surface area contributed by atoms with Crippen LogP contribution in [0.5, 0.6) is 0 Å². The van der Waals surface area contributed by atoms with Crippen molar-refractivity contribution in [3.8, 4) is 0 Å². The van der Waals surface area contributed by atoms with Gasteiger partial charge in [0.05, 0.1) is 11.1 Å². The first-order valence-electron chi connectivity index (χ1n) is 7.35. The van der Waals surface area contributed by atoms with Crippen molar-refractivity contribution in [2.24, 2.45) is 5.73 Å². The third kappa shape index (κ3) is 2.68. The number of halogens is 1. The molecule has 1 aromatic heterocycles. The number of aromatic nitrogens is 1. The second kappa shape index (κ2) is 5.85. The molecule has 1 aromatic carbocycles. The molecule has 0 spiro atoms. The van der Waals surface area contributed by atoms with Gasteiger partial charge in [-0.05, 0) is 41.8 Å². The Morgan fingerprint density at radius 3 is 2.95 bits per heavy atom. The van der Waals surface area contributed by atoms with Crippen molar-refractivity contribution in [2.45, 2.75) is 31.8 Å². The molecule has 0 saturated carbocycles. The number of para-hydroxylation sites is 1. The molecule has 116 valence electrons. The highest BCUT2D eigenvalue weighted by molar-refractivity contribution is 9.10. The van der Waals surface area contributed by atoms with Crippen molar-refractivity contribution in [2.75, 3.05) is 6.54 Å². The molecule has 2 aromatic rings. The normalized spacial score (nSPS) is 22.0. The molecule has 2 heterocycles. The molecule has 3 rings (SSSR count). The lowest BCUT2D eigenvalue weighted by atomic mass is 9.97. The van der Waals surface area contributed by atoms with Gasteiger partial charge < -0.3 is 15.6 Å². The minimum absolute atomic E-state index is 0.0812. The van der Waals surface area contributed by atoms with E-state index in [9.17, 15) is 9.59 Å². The maximum atomic E-state index is 12.9. The molecule has 5 nitrogen and oxygen atoms in total. The third-order valence-electron chi connectivity index (χ3n) is 4.24. The fourth-order valence-corrected chi connectivity index (χ4v) is 3.55. The molecule has 6 heteroatoms. The summed E-state index contributed by atoms with van der Waals surface area (Å²) in [4.78, 5) is 29.4. The van der Waals surface area contributed by atoms with E-state index in [1.807, 2.05) is 30.0 Å². The van der Waals surface area contributed by atoms with Gasteiger partial charge in [0.2, 0.25) is 5.56 Å². The number of hydrogen-bond acceptors (Lipinski definition) is 3. The zero-order chi connectivity index (χ0) is 15.9. The molecule has 1 saturated heterocycles. The maximum absolute atomic E-state index is 12.9. The highest BCUT2D eigenvalue weighted by atomic mass is 79.9. The van der Waals surface area contributed by atoms with Crippen LogP contribution in [0.4, 0.5) is 0 Å². The molecule has 0 radical (unpaired) electrons. The number of amides is 1. The number of carbonyl (C=O) groups is 1. The number of rotatable bonds is 1. The summed E-state index contributed by atoms with van der Waals surface area (Å²) in [5.74, 6) is -0.103. The number of nitrogens with zero attached hydrogens (tertiary/aromatic N) is 1. The number of pyridine rings is 1. The van der Waals surface area contributed by atoms with Crippen LogP contribution in [0, 0.1) is 0 Å². The molecule has 0 unspecified atom stereocenters. The van der Waals surface area contributed by atoms with Crippen LogP contribution < -0.4 is 11.3 Å². The van der Waals surface area contributed by atoms with E-state index in [1.54, 1.807) is 0 Å². The van der Waals surface area contributed by atoms with Crippen molar-refractivity contribution in [3.05, 3.63) is 44.7 Å². The van der Waals surface area contributed by atoms with Gasteiger partial charge in [0.15, 0.2) is 0 Å². The molecule has 2 atom stereocenters. The largest absolute Gasteiger partial charge is 0.336 e. The van der Waals surface area contributed by atoms with Gasteiger partial charge in [-0.25, -0.2) is 0 Å². The lowest BCUT2D eigenvalue weighted by Crippen LogP contribution is -2.48. The molecule has 0 bridgehead atoms. The monoisotopic (exact) mass is 363 g/mol. The summed E-state index contributed by atoms with van der Waals surface area (Å²) in [5, 5.41) is 0.751. The first-order valence-corrected chi connectivity index (χ1v) is 8.15. The van der Waals surface area contributed by atoms with Crippen LogP contribution >= 0.6 is 15.9 Å². The second-order valence-corrected chi connectivity index (χ2v) is 6.70. The topological polar surface area (TPSA) is 79.2 Å².